The van der Waals surface area contributed by atoms with Crippen molar-refractivity contribution in [3.63, 3.8) is 0 Å². The van der Waals surface area contributed by atoms with Crippen LogP contribution in [0.5, 0.6) is 0 Å². The van der Waals surface area contributed by atoms with E-state index in [0.29, 0.717) is 6.67 Å². The summed E-state index contributed by atoms with van der Waals surface area (Å²) >= 11 is 0. The van der Waals surface area contributed by atoms with Gasteiger partial charge >= 0.3 is 0 Å². The zero-order valence-corrected chi connectivity index (χ0v) is 15.7. The van der Waals surface area contributed by atoms with Crippen LogP contribution in [0.1, 0.15) is 43.5 Å². The van der Waals surface area contributed by atoms with Crippen molar-refractivity contribution in [1.82, 2.24) is 14.5 Å². The van der Waals surface area contributed by atoms with Crippen LogP contribution in [-0.4, -0.2) is 27.7 Å². The summed E-state index contributed by atoms with van der Waals surface area (Å²) in [6.45, 7) is 10.6. The number of benzene rings is 1. The maximum Gasteiger partial charge on any atom is 0.259 e. The fourth-order valence-corrected chi connectivity index (χ4v) is 3.45. The van der Waals surface area contributed by atoms with Crippen molar-refractivity contribution in [3.8, 4) is 0 Å². The summed E-state index contributed by atoms with van der Waals surface area (Å²) in [6, 6.07) is 8.40. The van der Waals surface area contributed by atoms with E-state index in [1.165, 1.54) is 5.56 Å². The first-order valence-electron chi connectivity index (χ1n) is 9.22. The second-order valence-corrected chi connectivity index (χ2v) is 6.86. The topological polar surface area (TPSA) is 41.4 Å². The second kappa shape index (κ2) is 7.40. The van der Waals surface area contributed by atoms with E-state index in [2.05, 4.69) is 47.9 Å². The van der Waals surface area contributed by atoms with Gasteiger partial charge in [0.2, 0.25) is 5.95 Å². The van der Waals surface area contributed by atoms with Gasteiger partial charge in [-0.05, 0) is 44.4 Å². The van der Waals surface area contributed by atoms with Crippen molar-refractivity contribution >= 4 is 11.6 Å². The fourth-order valence-electron chi connectivity index (χ4n) is 3.45. The van der Waals surface area contributed by atoms with E-state index in [4.69, 9.17) is 4.98 Å². The van der Waals surface area contributed by atoms with Crippen LogP contribution in [0, 0.1) is 13.8 Å². The van der Waals surface area contributed by atoms with Gasteiger partial charge in [0.15, 0.2) is 0 Å². The largest absolute Gasteiger partial charge is 0.298 e. The van der Waals surface area contributed by atoms with Gasteiger partial charge in [0, 0.05) is 23.5 Å². The van der Waals surface area contributed by atoms with Gasteiger partial charge < -0.3 is 0 Å². The molecule has 5 nitrogen and oxygen atoms in total. The number of aryl methyl sites for hydroxylation is 2. The van der Waals surface area contributed by atoms with E-state index >= 15 is 0 Å². The molecule has 1 aromatic carbocycles. The van der Waals surface area contributed by atoms with Crippen molar-refractivity contribution in [3.05, 3.63) is 51.4 Å². The van der Waals surface area contributed by atoms with E-state index in [1.54, 1.807) is 0 Å². The Bertz CT molecular complexity index is 812. The molecular formula is C20H28N4O. The third-order valence-electron chi connectivity index (χ3n) is 4.87. The van der Waals surface area contributed by atoms with Gasteiger partial charge in [0.1, 0.15) is 0 Å². The predicted octanol–water partition coefficient (Wildman–Crippen LogP) is 3.59. The standard InChI is InChI=1S/C20H28N4O/c1-5-7-11-22-13-23(17-10-8-9-15(3)12-17)20-21-16(4)18(6-2)19(25)24(20)14-22/h8-10,12H,5-7,11,13-14H2,1-4H3. The minimum Gasteiger partial charge on any atom is -0.298 e. The third kappa shape index (κ3) is 3.47. The fraction of sp³-hybridized carbons (Fsp3) is 0.500. The van der Waals surface area contributed by atoms with Crippen molar-refractivity contribution in [2.45, 2.75) is 53.6 Å². The van der Waals surface area contributed by atoms with Gasteiger partial charge in [-0.1, -0.05) is 32.4 Å². The summed E-state index contributed by atoms with van der Waals surface area (Å²) in [5.74, 6) is 0.762. The zero-order valence-electron chi connectivity index (χ0n) is 15.7. The summed E-state index contributed by atoms with van der Waals surface area (Å²) in [4.78, 5) is 22.3. The Hall–Kier alpha value is -2.14. The SMILES string of the molecule is CCCCN1CN(c2cccc(C)c2)c2nc(C)c(CC)c(=O)n2C1. The molecule has 0 aliphatic carbocycles. The average Bonchev–Trinajstić information content (AvgIpc) is 2.60. The number of aromatic nitrogens is 2. The van der Waals surface area contributed by atoms with E-state index in [0.717, 1.165) is 55.4 Å². The van der Waals surface area contributed by atoms with Crippen LogP contribution >= 0.6 is 0 Å². The lowest BCUT2D eigenvalue weighted by molar-refractivity contribution is 0.195. The number of anilines is 2. The summed E-state index contributed by atoms with van der Waals surface area (Å²) in [6.07, 6.45) is 3.00. The molecule has 0 fully saturated rings. The van der Waals surface area contributed by atoms with E-state index in [9.17, 15) is 4.79 Å². The molecular weight excluding hydrogens is 312 g/mol. The molecule has 0 saturated carbocycles. The Morgan fingerprint density at radius 2 is 1.96 bits per heavy atom. The quantitative estimate of drug-likeness (QED) is 0.834. The zero-order chi connectivity index (χ0) is 18.0. The summed E-state index contributed by atoms with van der Waals surface area (Å²) < 4.78 is 1.84. The molecule has 0 unspecified atom stereocenters. The Morgan fingerprint density at radius 1 is 1.16 bits per heavy atom. The summed E-state index contributed by atoms with van der Waals surface area (Å²) in [5, 5.41) is 0. The molecule has 1 aromatic heterocycles. The lowest BCUT2D eigenvalue weighted by atomic mass is 10.2. The molecule has 0 amide bonds. The highest BCUT2D eigenvalue weighted by Crippen LogP contribution is 2.28. The van der Waals surface area contributed by atoms with Gasteiger partial charge in [0.05, 0.1) is 13.3 Å². The maximum absolute atomic E-state index is 13.0. The Labute approximate surface area is 149 Å². The molecule has 2 heterocycles. The van der Waals surface area contributed by atoms with Gasteiger partial charge in [-0.15, -0.1) is 0 Å². The molecule has 0 spiro atoms. The van der Waals surface area contributed by atoms with Crippen LogP contribution in [0.25, 0.3) is 0 Å². The number of fused-ring (bicyclic) bond motifs is 1. The van der Waals surface area contributed by atoms with Crippen LogP contribution in [0.4, 0.5) is 11.6 Å². The van der Waals surface area contributed by atoms with Crippen LogP contribution < -0.4 is 10.5 Å². The van der Waals surface area contributed by atoms with E-state index in [1.807, 2.05) is 18.4 Å². The first kappa shape index (κ1) is 17.7. The molecule has 0 atom stereocenters. The lowest BCUT2D eigenvalue weighted by Gasteiger charge is -2.38. The molecule has 0 radical (unpaired) electrons. The maximum atomic E-state index is 13.0. The second-order valence-electron chi connectivity index (χ2n) is 6.86. The Morgan fingerprint density at radius 3 is 2.64 bits per heavy atom. The predicted molar refractivity (Wildman–Crippen MR) is 102 cm³/mol. The van der Waals surface area contributed by atoms with Gasteiger partial charge in [-0.3, -0.25) is 19.2 Å². The minimum atomic E-state index is 0.101. The number of hydrogen-bond acceptors (Lipinski definition) is 4. The first-order valence-corrected chi connectivity index (χ1v) is 9.22. The lowest BCUT2D eigenvalue weighted by Crippen LogP contribution is -2.48. The first-order chi connectivity index (χ1) is 12.0. The molecule has 0 saturated heterocycles. The van der Waals surface area contributed by atoms with Crippen LogP contribution in [0.15, 0.2) is 29.1 Å². The van der Waals surface area contributed by atoms with E-state index < -0.39 is 0 Å². The van der Waals surface area contributed by atoms with Crippen molar-refractivity contribution in [1.29, 1.82) is 0 Å². The van der Waals surface area contributed by atoms with E-state index in [-0.39, 0.29) is 5.56 Å². The smallest absolute Gasteiger partial charge is 0.259 e. The van der Waals surface area contributed by atoms with Gasteiger partial charge in [-0.2, -0.15) is 0 Å². The number of unbranched alkanes of at least 4 members (excludes halogenated alkanes) is 1. The van der Waals surface area contributed by atoms with Crippen molar-refractivity contribution in [2.24, 2.45) is 0 Å². The van der Waals surface area contributed by atoms with Crippen molar-refractivity contribution < 1.29 is 0 Å². The van der Waals surface area contributed by atoms with Crippen LogP contribution in [0.3, 0.4) is 0 Å². The minimum absolute atomic E-state index is 0.101. The molecule has 25 heavy (non-hydrogen) atoms. The monoisotopic (exact) mass is 340 g/mol. The molecule has 3 rings (SSSR count). The van der Waals surface area contributed by atoms with Crippen LogP contribution in [-0.2, 0) is 13.1 Å². The van der Waals surface area contributed by atoms with Gasteiger partial charge in [0.25, 0.3) is 5.56 Å². The number of nitrogens with zero attached hydrogens (tertiary/aromatic N) is 4. The highest BCUT2D eigenvalue weighted by atomic mass is 16.1. The number of rotatable bonds is 5. The number of hydrogen-bond donors (Lipinski definition) is 0. The molecule has 1 aliphatic rings. The average molecular weight is 340 g/mol. The Kier molecular flexibility index (Phi) is 5.23. The van der Waals surface area contributed by atoms with Crippen LogP contribution in [0.2, 0.25) is 0 Å². The van der Waals surface area contributed by atoms with Gasteiger partial charge in [-0.25, -0.2) is 4.98 Å². The normalized spacial score (nSPS) is 14.6. The molecule has 134 valence electrons. The highest BCUT2D eigenvalue weighted by Gasteiger charge is 2.27. The Balaban J connectivity index is 2.11. The summed E-state index contributed by atoms with van der Waals surface area (Å²) in [5.41, 5.74) is 4.07. The molecule has 1 aliphatic heterocycles. The molecule has 2 aromatic rings. The molecule has 5 heteroatoms. The van der Waals surface area contributed by atoms with Crippen molar-refractivity contribution in [2.75, 3.05) is 18.1 Å². The third-order valence-corrected chi connectivity index (χ3v) is 4.87. The summed E-state index contributed by atoms with van der Waals surface area (Å²) in [7, 11) is 0. The molecule has 0 N–H and O–H groups in total. The highest BCUT2D eigenvalue weighted by molar-refractivity contribution is 5.59. The molecule has 0 bridgehead atoms.